The van der Waals surface area contributed by atoms with Gasteiger partial charge in [-0.05, 0) is 29.8 Å². The Morgan fingerprint density at radius 2 is 1.68 bits per heavy atom. The Morgan fingerprint density at radius 3 is 2.38 bits per heavy atom. The van der Waals surface area contributed by atoms with Crippen molar-refractivity contribution in [3.05, 3.63) is 76.1 Å². The largest absolute Gasteiger partial charge is 0.496 e. The van der Waals surface area contributed by atoms with Gasteiger partial charge in [-0.25, -0.2) is 4.68 Å². The van der Waals surface area contributed by atoms with Gasteiger partial charge in [0.15, 0.2) is 5.69 Å². The van der Waals surface area contributed by atoms with Crippen molar-refractivity contribution in [2.24, 2.45) is 0 Å². The monoisotopic (exact) mass is 481 g/mol. The van der Waals surface area contributed by atoms with Crippen LogP contribution in [0.5, 0.6) is 5.75 Å². The van der Waals surface area contributed by atoms with E-state index in [1.807, 2.05) is 36.4 Å². The molecule has 5 rings (SSSR count). The van der Waals surface area contributed by atoms with Gasteiger partial charge >= 0.3 is 0 Å². The fourth-order valence-electron chi connectivity index (χ4n) is 4.31. The van der Waals surface area contributed by atoms with Crippen LogP contribution < -0.4 is 4.74 Å². The number of piperazine rings is 1. The number of benzene rings is 2. The SMILES string of the molecule is COc1ccccc1C(=O)N1CCN(C(=O)c2nnn3c2COC(c2ccc(Cl)cc2)C3)CC1. The molecule has 9 nitrogen and oxygen atoms in total. The molecule has 1 saturated heterocycles. The molecule has 3 aromatic rings. The molecule has 3 heterocycles. The van der Waals surface area contributed by atoms with Crippen LogP contribution in [0.2, 0.25) is 5.02 Å². The molecule has 0 bridgehead atoms. The Morgan fingerprint density at radius 1 is 1.00 bits per heavy atom. The zero-order valence-corrected chi connectivity index (χ0v) is 19.4. The Kier molecular flexibility index (Phi) is 6.21. The molecule has 34 heavy (non-hydrogen) atoms. The lowest BCUT2D eigenvalue weighted by molar-refractivity contribution is -0.00202. The number of nitrogens with zero attached hydrogens (tertiary/aromatic N) is 5. The Hall–Kier alpha value is -3.43. The molecule has 2 aliphatic rings. The first-order valence-corrected chi connectivity index (χ1v) is 11.4. The summed E-state index contributed by atoms with van der Waals surface area (Å²) in [5.41, 5.74) is 2.49. The smallest absolute Gasteiger partial charge is 0.276 e. The van der Waals surface area contributed by atoms with Crippen molar-refractivity contribution < 1.29 is 19.1 Å². The standard InChI is InChI=1S/C24H24ClN5O4/c1-33-20-5-3-2-4-18(20)23(31)28-10-12-29(13-11-28)24(32)22-19-15-34-21(14-30(19)27-26-22)16-6-8-17(25)9-7-16/h2-9,21H,10-15H2,1H3. The first kappa shape index (κ1) is 22.4. The Labute approximate surface area is 201 Å². The number of carbonyl (C=O) groups excluding carboxylic acids is 2. The molecule has 0 saturated carbocycles. The van der Waals surface area contributed by atoms with E-state index in [1.54, 1.807) is 33.7 Å². The lowest BCUT2D eigenvalue weighted by Gasteiger charge is -2.34. The van der Waals surface area contributed by atoms with Gasteiger partial charge in [0.25, 0.3) is 11.8 Å². The van der Waals surface area contributed by atoms with E-state index < -0.39 is 0 Å². The maximum Gasteiger partial charge on any atom is 0.276 e. The average molecular weight is 482 g/mol. The summed E-state index contributed by atoms with van der Waals surface area (Å²) in [5.74, 6) is 0.241. The average Bonchev–Trinajstić information content (AvgIpc) is 3.31. The second kappa shape index (κ2) is 9.44. The van der Waals surface area contributed by atoms with Crippen LogP contribution in [0.25, 0.3) is 0 Å². The van der Waals surface area contributed by atoms with Crippen LogP contribution in [0.1, 0.15) is 38.2 Å². The maximum absolute atomic E-state index is 13.2. The van der Waals surface area contributed by atoms with Crippen molar-refractivity contribution in [1.29, 1.82) is 0 Å². The zero-order chi connectivity index (χ0) is 23.7. The second-order valence-electron chi connectivity index (χ2n) is 8.20. The second-order valence-corrected chi connectivity index (χ2v) is 8.64. The van der Waals surface area contributed by atoms with Crippen molar-refractivity contribution in [3.8, 4) is 5.75 Å². The van der Waals surface area contributed by atoms with Gasteiger partial charge in [0.1, 0.15) is 11.9 Å². The molecule has 2 aromatic carbocycles. The highest BCUT2D eigenvalue weighted by atomic mass is 35.5. The number of rotatable bonds is 4. The number of halogens is 1. The van der Waals surface area contributed by atoms with Gasteiger partial charge in [-0.2, -0.15) is 0 Å². The van der Waals surface area contributed by atoms with E-state index in [9.17, 15) is 9.59 Å². The van der Waals surface area contributed by atoms with Crippen LogP contribution in [0.3, 0.4) is 0 Å². The van der Waals surface area contributed by atoms with Crippen LogP contribution in [0.4, 0.5) is 0 Å². The molecule has 10 heteroatoms. The van der Waals surface area contributed by atoms with Gasteiger partial charge in [-0.1, -0.05) is 41.1 Å². The van der Waals surface area contributed by atoms with E-state index in [0.29, 0.717) is 60.4 Å². The van der Waals surface area contributed by atoms with Crippen LogP contribution in [-0.4, -0.2) is 69.9 Å². The maximum atomic E-state index is 13.2. The molecule has 0 spiro atoms. The number of hydrogen-bond donors (Lipinski definition) is 0. The van der Waals surface area contributed by atoms with E-state index in [4.69, 9.17) is 21.1 Å². The van der Waals surface area contributed by atoms with Crippen LogP contribution >= 0.6 is 11.6 Å². The summed E-state index contributed by atoms with van der Waals surface area (Å²) in [4.78, 5) is 29.6. The number of para-hydroxylation sites is 1. The molecule has 0 aliphatic carbocycles. The lowest BCUT2D eigenvalue weighted by atomic mass is 10.1. The Bertz CT molecular complexity index is 1200. The number of fused-ring (bicyclic) bond motifs is 1. The number of aromatic nitrogens is 3. The summed E-state index contributed by atoms with van der Waals surface area (Å²) >= 11 is 5.98. The Balaban J connectivity index is 1.23. The minimum absolute atomic E-state index is 0.104. The van der Waals surface area contributed by atoms with E-state index in [1.165, 1.54) is 0 Å². The first-order valence-electron chi connectivity index (χ1n) is 11.1. The van der Waals surface area contributed by atoms with Gasteiger partial charge in [0.2, 0.25) is 0 Å². The third-order valence-electron chi connectivity index (χ3n) is 6.23. The molecule has 0 radical (unpaired) electrons. The van der Waals surface area contributed by atoms with E-state index in [0.717, 1.165) is 5.56 Å². The molecular formula is C24H24ClN5O4. The molecular weight excluding hydrogens is 458 g/mol. The van der Waals surface area contributed by atoms with Crippen molar-refractivity contribution in [3.63, 3.8) is 0 Å². The quantitative estimate of drug-likeness (QED) is 0.569. The molecule has 1 atom stereocenters. The van der Waals surface area contributed by atoms with Crippen molar-refractivity contribution in [2.75, 3.05) is 33.3 Å². The molecule has 176 valence electrons. The predicted octanol–water partition coefficient (Wildman–Crippen LogP) is 2.81. The highest BCUT2D eigenvalue weighted by molar-refractivity contribution is 6.30. The molecule has 1 aromatic heterocycles. The fraction of sp³-hybridized carbons (Fsp3) is 0.333. The lowest BCUT2D eigenvalue weighted by Crippen LogP contribution is -2.50. The topological polar surface area (TPSA) is 89.8 Å². The van der Waals surface area contributed by atoms with Crippen molar-refractivity contribution in [2.45, 2.75) is 19.3 Å². The summed E-state index contributed by atoms with van der Waals surface area (Å²) in [6.07, 6.45) is -0.182. The van der Waals surface area contributed by atoms with Crippen molar-refractivity contribution >= 4 is 23.4 Å². The predicted molar refractivity (Wildman–Crippen MR) is 124 cm³/mol. The number of ether oxygens (including phenoxy) is 2. The third-order valence-corrected chi connectivity index (χ3v) is 6.49. The van der Waals surface area contributed by atoms with Gasteiger partial charge in [0, 0.05) is 31.2 Å². The molecule has 2 amide bonds. The van der Waals surface area contributed by atoms with Crippen LogP contribution in [-0.2, 0) is 17.9 Å². The first-order chi connectivity index (χ1) is 16.5. The number of hydrogen-bond acceptors (Lipinski definition) is 6. The highest BCUT2D eigenvalue weighted by Crippen LogP contribution is 2.28. The minimum Gasteiger partial charge on any atom is -0.496 e. The van der Waals surface area contributed by atoms with Gasteiger partial charge < -0.3 is 19.3 Å². The summed E-state index contributed by atoms with van der Waals surface area (Å²) < 4.78 is 13.1. The summed E-state index contributed by atoms with van der Waals surface area (Å²) in [6.45, 7) is 2.41. The van der Waals surface area contributed by atoms with Gasteiger partial charge in [-0.15, -0.1) is 5.10 Å². The molecule has 1 unspecified atom stereocenters. The van der Waals surface area contributed by atoms with E-state index >= 15 is 0 Å². The minimum atomic E-state index is -0.195. The van der Waals surface area contributed by atoms with Crippen LogP contribution in [0.15, 0.2) is 48.5 Å². The van der Waals surface area contributed by atoms with Gasteiger partial charge in [0.05, 0.1) is 31.5 Å². The summed E-state index contributed by atoms with van der Waals surface area (Å²) in [6, 6.07) is 14.6. The van der Waals surface area contributed by atoms with Gasteiger partial charge in [-0.3, -0.25) is 9.59 Å². The third kappa shape index (κ3) is 4.24. The number of amides is 2. The van der Waals surface area contributed by atoms with E-state index in [-0.39, 0.29) is 24.5 Å². The van der Waals surface area contributed by atoms with Crippen LogP contribution in [0, 0.1) is 0 Å². The molecule has 2 aliphatic heterocycles. The zero-order valence-electron chi connectivity index (χ0n) is 18.7. The fourth-order valence-corrected chi connectivity index (χ4v) is 4.44. The summed E-state index contributed by atoms with van der Waals surface area (Å²) in [7, 11) is 1.55. The summed E-state index contributed by atoms with van der Waals surface area (Å²) in [5, 5.41) is 9.03. The number of carbonyl (C=O) groups is 2. The van der Waals surface area contributed by atoms with Crippen molar-refractivity contribution in [1.82, 2.24) is 24.8 Å². The normalized spacial score (nSPS) is 17.9. The molecule has 1 fully saturated rings. The molecule has 0 N–H and O–H groups in total. The number of methoxy groups -OCH3 is 1. The van der Waals surface area contributed by atoms with E-state index in [2.05, 4.69) is 10.3 Å². The highest BCUT2D eigenvalue weighted by Gasteiger charge is 2.32.